The van der Waals surface area contributed by atoms with E-state index in [2.05, 4.69) is 15.0 Å². The fourth-order valence-electron chi connectivity index (χ4n) is 1.72. The second-order valence-corrected chi connectivity index (χ2v) is 4.79. The molecule has 3 aromatic rings. The minimum atomic E-state index is -0.0174. The van der Waals surface area contributed by atoms with Gasteiger partial charge in [0.25, 0.3) is 0 Å². The van der Waals surface area contributed by atoms with Crippen molar-refractivity contribution in [1.29, 1.82) is 0 Å². The normalized spacial score (nSPS) is 10.7. The predicted molar refractivity (Wildman–Crippen MR) is 77.7 cm³/mol. The average molecular weight is 349 g/mol. The van der Waals surface area contributed by atoms with E-state index in [9.17, 15) is 4.79 Å². The number of carbonyl (C=O) groups is 1. The summed E-state index contributed by atoms with van der Waals surface area (Å²) < 4.78 is -0.0174. The largest absolute Gasteiger partial charge is 0.337 e. The Morgan fingerprint density at radius 2 is 2.00 bits per heavy atom. The number of hydrogen-bond acceptors (Lipinski definition) is 3. The summed E-state index contributed by atoms with van der Waals surface area (Å²) in [6.07, 6.45) is 1.57. The lowest BCUT2D eigenvalue weighted by Gasteiger charge is -1.96. The highest BCUT2D eigenvalue weighted by Crippen LogP contribution is 2.19. The van der Waals surface area contributed by atoms with E-state index in [1.165, 1.54) is 0 Å². The Morgan fingerprint density at radius 1 is 1.17 bits per heavy atom. The lowest BCUT2D eigenvalue weighted by molar-refractivity contribution is 0.110. The maximum Gasteiger partial charge on any atom is 0.223 e. The Hall–Kier alpha value is -1.76. The van der Waals surface area contributed by atoms with Crippen molar-refractivity contribution in [2.45, 2.75) is 0 Å². The number of rotatable bonds is 2. The number of nitrogens with zero attached hydrogens (tertiary/aromatic N) is 2. The molecule has 0 unspecified atom stereocenters. The number of aromatic amines is 1. The molecule has 0 aliphatic heterocycles. The molecule has 0 saturated heterocycles. The molecule has 5 heteroatoms. The molecule has 0 saturated carbocycles. The van der Waals surface area contributed by atoms with E-state index in [0.717, 1.165) is 16.7 Å². The summed E-state index contributed by atoms with van der Waals surface area (Å²) in [4.78, 5) is 23.1. The third-order valence-electron chi connectivity index (χ3n) is 2.62. The van der Waals surface area contributed by atoms with E-state index in [1.807, 2.05) is 24.3 Å². The van der Waals surface area contributed by atoms with Crippen molar-refractivity contribution in [3.8, 4) is 11.5 Å². The molecule has 18 heavy (non-hydrogen) atoms. The van der Waals surface area contributed by atoms with Gasteiger partial charge >= 0.3 is 0 Å². The van der Waals surface area contributed by atoms with Crippen molar-refractivity contribution in [3.63, 3.8) is 0 Å². The van der Waals surface area contributed by atoms with Gasteiger partial charge in [0.15, 0.2) is 5.82 Å². The molecule has 2 heterocycles. The lowest BCUT2D eigenvalue weighted by Crippen LogP contribution is -1.91. The molecule has 0 atom stereocenters. The molecule has 0 amide bonds. The number of pyridine rings is 1. The number of nitrogens with one attached hydrogen (secondary N) is 1. The Kier molecular flexibility index (Phi) is 2.83. The second kappa shape index (κ2) is 4.49. The number of benzene rings is 1. The third-order valence-corrected chi connectivity index (χ3v) is 3.25. The first-order chi connectivity index (χ1) is 8.74. The van der Waals surface area contributed by atoms with E-state index >= 15 is 0 Å². The van der Waals surface area contributed by atoms with E-state index < -0.39 is 0 Å². The quantitative estimate of drug-likeness (QED) is 0.571. The van der Waals surface area contributed by atoms with Crippen LogP contribution in [0.1, 0.15) is 10.4 Å². The molecule has 0 spiro atoms. The fourth-order valence-corrected chi connectivity index (χ4v) is 2.04. The van der Waals surface area contributed by atoms with Gasteiger partial charge in [-0.25, -0.2) is 4.98 Å². The molecule has 0 aliphatic carbocycles. The van der Waals surface area contributed by atoms with Crippen molar-refractivity contribution in [2.24, 2.45) is 0 Å². The molecule has 0 aliphatic rings. The van der Waals surface area contributed by atoms with Crippen LogP contribution in [0.4, 0.5) is 0 Å². The van der Waals surface area contributed by atoms with Crippen LogP contribution in [0.5, 0.6) is 0 Å². The van der Waals surface area contributed by atoms with Crippen molar-refractivity contribution in [1.82, 2.24) is 15.0 Å². The summed E-state index contributed by atoms with van der Waals surface area (Å²) in [5, 5.41) is 0. The first kappa shape index (κ1) is 11.3. The van der Waals surface area contributed by atoms with Gasteiger partial charge in [-0.05, 0) is 24.3 Å². The van der Waals surface area contributed by atoms with Gasteiger partial charge in [-0.1, -0.05) is 12.1 Å². The van der Waals surface area contributed by atoms with E-state index in [1.54, 1.807) is 40.9 Å². The first-order valence-corrected chi connectivity index (χ1v) is 6.43. The van der Waals surface area contributed by atoms with Crippen LogP contribution in [0.2, 0.25) is 0 Å². The number of carbonyl (C=O) groups excluding carboxylic acids is 1. The zero-order valence-electron chi connectivity index (χ0n) is 9.22. The molecule has 3 rings (SSSR count). The monoisotopic (exact) mass is 349 g/mol. The molecule has 1 N–H and O–H groups in total. The first-order valence-electron chi connectivity index (χ1n) is 5.35. The second-order valence-electron chi connectivity index (χ2n) is 3.81. The van der Waals surface area contributed by atoms with Crippen LogP contribution in [0.3, 0.4) is 0 Å². The minimum absolute atomic E-state index is 0.0174. The van der Waals surface area contributed by atoms with E-state index in [-0.39, 0.29) is 3.79 Å². The third kappa shape index (κ3) is 2.01. The lowest BCUT2D eigenvalue weighted by atomic mass is 10.2. The number of aromatic nitrogens is 3. The van der Waals surface area contributed by atoms with Gasteiger partial charge in [0.2, 0.25) is 3.79 Å². The summed E-state index contributed by atoms with van der Waals surface area (Å²) in [6, 6.07) is 11.4. The zero-order chi connectivity index (χ0) is 12.5. The number of hydrogen-bond donors (Lipinski definition) is 1. The smallest absolute Gasteiger partial charge is 0.223 e. The van der Waals surface area contributed by atoms with Crippen molar-refractivity contribution >= 4 is 37.4 Å². The highest BCUT2D eigenvalue weighted by Gasteiger charge is 2.07. The predicted octanol–water partition coefficient (Wildman–Crippen LogP) is 3.20. The standard InChI is InChI=1S/C13H8IN3O/c14-12(18)8-5-6-11(15-7-8)13-16-9-3-1-2-4-10(9)17-13/h1-7H,(H,16,17). The molecule has 0 radical (unpaired) electrons. The fraction of sp³-hybridized carbons (Fsp3) is 0. The van der Waals surface area contributed by atoms with Gasteiger partial charge in [-0.15, -0.1) is 0 Å². The summed E-state index contributed by atoms with van der Waals surface area (Å²) in [5.74, 6) is 0.712. The van der Waals surface area contributed by atoms with Gasteiger partial charge < -0.3 is 4.98 Å². The van der Waals surface area contributed by atoms with Crippen LogP contribution in [-0.2, 0) is 0 Å². The van der Waals surface area contributed by atoms with Gasteiger partial charge in [0.05, 0.1) is 11.0 Å². The number of halogens is 1. The van der Waals surface area contributed by atoms with Gasteiger partial charge in [-0.2, -0.15) is 0 Å². The Morgan fingerprint density at radius 3 is 2.67 bits per heavy atom. The molecular formula is C13H8IN3O. The van der Waals surface area contributed by atoms with Crippen molar-refractivity contribution in [2.75, 3.05) is 0 Å². The van der Waals surface area contributed by atoms with Crippen LogP contribution in [-0.4, -0.2) is 18.7 Å². The summed E-state index contributed by atoms with van der Waals surface area (Å²) in [5.41, 5.74) is 3.20. The van der Waals surface area contributed by atoms with Gasteiger partial charge in [0, 0.05) is 34.4 Å². The summed E-state index contributed by atoms with van der Waals surface area (Å²) >= 11 is 1.74. The zero-order valence-corrected chi connectivity index (χ0v) is 11.4. The van der Waals surface area contributed by atoms with Crippen molar-refractivity contribution in [3.05, 3.63) is 48.2 Å². The number of H-pyrrole nitrogens is 1. The Balaban J connectivity index is 2.06. The molecular weight excluding hydrogens is 341 g/mol. The van der Waals surface area contributed by atoms with Crippen LogP contribution in [0.25, 0.3) is 22.6 Å². The number of imidazole rings is 1. The summed E-state index contributed by atoms with van der Waals surface area (Å²) in [6.45, 7) is 0. The average Bonchev–Trinajstić information content (AvgIpc) is 2.82. The SMILES string of the molecule is O=C(I)c1ccc(-c2nc3ccccc3[nH]2)nc1. The maximum absolute atomic E-state index is 11.2. The Labute approximate surface area is 117 Å². The molecule has 4 nitrogen and oxygen atoms in total. The minimum Gasteiger partial charge on any atom is -0.337 e. The Bertz CT molecular complexity index is 685. The van der Waals surface area contributed by atoms with Gasteiger partial charge in [0.1, 0.15) is 5.69 Å². The number of para-hydroxylation sites is 2. The number of fused-ring (bicyclic) bond motifs is 1. The van der Waals surface area contributed by atoms with Crippen molar-refractivity contribution < 1.29 is 4.79 Å². The van der Waals surface area contributed by atoms with E-state index in [0.29, 0.717) is 11.4 Å². The highest BCUT2D eigenvalue weighted by molar-refractivity contribution is 14.1. The van der Waals surface area contributed by atoms with Crippen LogP contribution < -0.4 is 0 Å². The maximum atomic E-state index is 11.2. The molecule has 0 fully saturated rings. The van der Waals surface area contributed by atoms with E-state index in [4.69, 9.17) is 0 Å². The molecule has 2 aromatic heterocycles. The molecule has 0 bridgehead atoms. The topological polar surface area (TPSA) is 58.6 Å². The highest BCUT2D eigenvalue weighted by atomic mass is 127. The van der Waals surface area contributed by atoms with Crippen LogP contribution in [0, 0.1) is 0 Å². The summed E-state index contributed by atoms with van der Waals surface area (Å²) in [7, 11) is 0. The van der Waals surface area contributed by atoms with Gasteiger partial charge in [-0.3, -0.25) is 9.78 Å². The molecule has 88 valence electrons. The van der Waals surface area contributed by atoms with Crippen LogP contribution >= 0.6 is 22.6 Å². The van der Waals surface area contributed by atoms with Crippen LogP contribution in [0.15, 0.2) is 42.6 Å². The molecule has 1 aromatic carbocycles.